The zero-order valence-corrected chi connectivity index (χ0v) is 15.0. The molecular weight excluding hydrogens is 370 g/mol. The smallest absolute Gasteiger partial charge is 0.353 e. The van der Waals surface area contributed by atoms with E-state index in [1.54, 1.807) is 31.2 Å². The fraction of sp³-hybridized carbons (Fsp3) is 0.250. The number of aromatic nitrogens is 2. The molecule has 12 nitrogen and oxygen atoms in total. The third kappa shape index (κ3) is 5.27. The lowest BCUT2D eigenvalue weighted by atomic mass is 10.2. The molecule has 0 aliphatic rings. The standard InChI is InChI=1S/C16H19N7O5/c1-2-28-15(25)9-3-5-10(6-4-9)19-7-11(24)8-20-14-12(23(26)27)13(17)21-16(18)22-14/h3-6,19H,2,7-8H2,1H3,(H5,17,18,20,21,22). The first-order valence-corrected chi connectivity index (χ1v) is 8.15. The van der Waals surface area contributed by atoms with E-state index in [0.717, 1.165) is 0 Å². The van der Waals surface area contributed by atoms with E-state index in [1.807, 2.05) is 0 Å². The van der Waals surface area contributed by atoms with Crippen LogP contribution in [-0.4, -0.2) is 46.3 Å². The maximum atomic E-state index is 12.0. The normalized spacial score (nSPS) is 10.2. The first-order chi connectivity index (χ1) is 13.3. The zero-order chi connectivity index (χ0) is 20.7. The molecular formula is C16H19N7O5. The summed E-state index contributed by atoms with van der Waals surface area (Å²) in [7, 11) is 0. The summed E-state index contributed by atoms with van der Waals surface area (Å²) in [5.41, 5.74) is 11.4. The van der Waals surface area contributed by atoms with Gasteiger partial charge in [-0.15, -0.1) is 0 Å². The number of rotatable bonds is 9. The number of carbonyl (C=O) groups is 2. The Bertz CT molecular complexity index is 886. The largest absolute Gasteiger partial charge is 0.462 e. The van der Waals surface area contributed by atoms with Crippen molar-refractivity contribution in [2.45, 2.75) is 6.92 Å². The fourth-order valence-electron chi connectivity index (χ4n) is 2.18. The predicted octanol–water partition coefficient (Wildman–Crippen LogP) is 0.819. The van der Waals surface area contributed by atoms with Crippen molar-refractivity contribution in [3.63, 3.8) is 0 Å². The number of nitrogen functional groups attached to an aromatic ring is 2. The summed E-state index contributed by atoms with van der Waals surface area (Å²) >= 11 is 0. The molecule has 0 atom stereocenters. The van der Waals surface area contributed by atoms with Gasteiger partial charge in [0.05, 0.1) is 30.2 Å². The molecule has 0 saturated carbocycles. The number of hydrogen-bond donors (Lipinski definition) is 4. The zero-order valence-electron chi connectivity index (χ0n) is 15.0. The number of esters is 1. The number of ether oxygens (including phenoxy) is 1. The first-order valence-electron chi connectivity index (χ1n) is 8.15. The monoisotopic (exact) mass is 389 g/mol. The average Bonchev–Trinajstić information content (AvgIpc) is 2.64. The van der Waals surface area contributed by atoms with Gasteiger partial charge >= 0.3 is 11.7 Å². The van der Waals surface area contributed by atoms with Gasteiger partial charge in [-0.1, -0.05) is 0 Å². The number of carbonyl (C=O) groups excluding carboxylic acids is 2. The Morgan fingerprint density at radius 2 is 1.79 bits per heavy atom. The second-order valence-corrected chi connectivity index (χ2v) is 5.46. The molecule has 0 aliphatic heterocycles. The van der Waals surface area contributed by atoms with Crippen molar-refractivity contribution in [3.8, 4) is 0 Å². The van der Waals surface area contributed by atoms with Crippen molar-refractivity contribution in [3.05, 3.63) is 39.9 Å². The van der Waals surface area contributed by atoms with Crippen molar-refractivity contribution < 1.29 is 19.2 Å². The highest BCUT2D eigenvalue weighted by molar-refractivity contribution is 5.90. The Hall–Kier alpha value is -3.96. The summed E-state index contributed by atoms with van der Waals surface area (Å²) in [5, 5.41) is 16.5. The number of ketones is 1. The Labute approximate surface area is 159 Å². The maximum Gasteiger partial charge on any atom is 0.353 e. The van der Waals surface area contributed by atoms with Gasteiger partial charge in [0.25, 0.3) is 0 Å². The van der Waals surface area contributed by atoms with Crippen LogP contribution in [0.25, 0.3) is 0 Å². The Morgan fingerprint density at radius 3 is 2.39 bits per heavy atom. The number of nitrogens with zero attached hydrogens (tertiary/aromatic N) is 3. The van der Waals surface area contributed by atoms with E-state index in [4.69, 9.17) is 16.2 Å². The highest BCUT2D eigenvalue weighted by Crippen LogP contribution is 2.27. The van der Waals surface area contributed by atoms with Gasteiger partial charge in [0, 0.05) is 5.69 Å². The van der Waals surface area contributed by atoms with Crippen LogP contribution in [0.2, 0.25) is 0 Å². The Morgan fingerprint density at radius 1 is 1.14 bits per heavy atom. The lowest BCUT2D eigenvalue weighted by Gasteiger charge is -2.09. The molecule has 2 rings (SSSR count). The molecule has 2 aromatic rings. The summed E-state index contributed by atoms with van der Waals surface area (Å²) in [6.07, 6.45) is 0. The molecule has 0 amide bonds. The molecule has 1 aromatic heterocycles. The molecule has 28 heavy (non-hydrogen) atoms. The van der Waals surface area contributed by atoms with Crippen molar-refractivity contribution in [2.75, 3.05) is 41.8 Å². The molecule has 0 radical (unpaired) electrons. The third-order valence-electron chi connectivity index (χ3n) is 3.45. The van der Waals surface area contributed by atoms with Gasteiger partial charge in [-0.05, 0) is 31.2 Å². The first kappa shape index (κ1) is 20.4. The van der Waals surface area contributed by atoms with Crippen LogP contribution in [0.3, 0.4) is 0 Å². The summed E-state index contributed by atoms with van der Waals surface area (Å²) < 4.78 is 4.89. The summed E-state index contributed by atoms with van der Waals surface area (Å²) in [6.45, 7) is 1.69. The highest BCUT2D eigenvalue weighted by atomic mass is 16.6. The quantitative estimate of drug-likeness (QED) is 0.270. The molecule has 148 valence electrons. The van der Waals surface area contributed by atoms with E-state index < -0.39 is 22.4 Å². The number of nitrogens with two attached hydrogens (primary N) is 2. The Balaban J connectivity index is 1.92. The average molecular weight is 389 g/mol. The fourth-order valence-corrected chi connectivity index (χ4v) is 2.18. The van der Waals surface area contributed by atoms with E-state index in [2.05, 4.69) is 20.6 Å². The molecule has 6 N–H and O–H groups in total. The van der Waals surface area contributed by atoms with Crippen LogP contribution in [0.5, 0.6) is 0 Å². The molecule has 1 aromatic carbocycles. The number of nitrogens with one attached hydrogen (secondary N) is 2. The SMILES string of the molecule is CCOC(=O)c1ccc(NCC(=O)CNc2nc(N)nc(N)c2[N+](=O)[O-])cc1. The van der Waals surface area contributed by atoms with Crippen LogP contribution in [0.15, 0.2) is 24.3 Å². The maximum absolute atomic E-state index is 12.0. The minimum Gasteiger partial charge on any atom is -0.462 e. The van der Waals surface area contributed by atoms with Crippen LogP contribution in [0.1, 0.15) is 17.3 Å². The topological polar surface area (TPSA) is 188 Å². The molecule has 1 heterocycles. The lowest BCUT2D eigenvalue weighted by Crippen LogP contribution is -2.23. The van der Waals surface area contributed by atoms with Crippen molar-refractivity contribution in [1.82, 2.24) is 9.97 Å². The van der Waals surface area contributed by atoms with Gasteiger partial charge in [-0.25, -0.2) is 4.79 Å². The third-order valence-corrected chi connectivity index (χ3v) is 3.45. The van der Waals surface area contributed by atoms with Gasteiger partial charge in [0.1, 0.15) is 0 Å². The molecule has 0 aliphatic carbocycles. The van der Waals surface area contributed by atoms with Crippen LogP contribution in [0, 0.1) is 10.1 Å². The van der Waals surface area contributed by atoms with E-state index in [9.17, 15) is 19.7 Å². The number of Topliss-reactive ketones (excluding diaryl/α,β-unsaturated/α-hetero) is 1. The highest BCUT2D eigenvalue weighted by Gasteiger charge is 2.22. The summed E-state index contributed by atoms with van der Waals surface area (Å²) in [6, 6.07) is 6.39. The minimum absolute atomic E-state index is 0.0599. The van der Waals surface area contributed by atoms with Crippen molar-refractivity contribution in [2.24, 2.45) is 0 Å². The number of anilines is 4. The Kier molecular flexibility index (Phi) is 6.63. The van der Waals surface area contributed by atoms with Crippen molar-refractivity contribution >= 4 is 40.7 Å². The molecule has 0 spiro atoms. The molecule has 12 heteroatoms. The van der Waals surface area contributed by atoms with Crippen molar-refractivity contribution in [1.29, 1.82) is 0 Å². The summed E-state index contributed by atoms with van der Waals surface area (Å²) in [5.74, 6) is -1.62. The van der Waals surface area contributed by atoms with Crippen LogP contribution in [-0.2, 0) is 9.53 Å². The van der Waals surface area contributed by atoms with E-state index in [1.165, 1.54) is 0 Å². The lowest BCUT2D eigenvalue weighted by molar-refractivity contribution is -0.383. The van der Waals surface area contributed by atoms with E-state index in [-0.39, 0.29) is 37.2 Å². The number of nitro groups is 1. The van der Waals surface area contributed by atoms with Gasteiger partial charge in [0.2, 0.25) is 17.6 Å². The molecule has 0 fully saturated rings. The van der Waals surface area contributed by atoms with Gasteiger partial charge in [-0.2, -0.15) is 9.97 Å². The molecule has 0 bridgehead atoms. The van der Waals surface area contributed by atoms with E-state index >= 15 is 0 Å². The molecule has 0 saturated heterocycles. The summed E-state index contributed by atoms with van der Waals surface area (Å²) in [4.78, 5) is 41.1. The van der Waals surface area contributed by atoms with Gasteiger partial charge in [-0.3, -0.25) is 14.9 Å². The second-order valence-electron chi connectivity index (χ2n) is 5.46. The van der Waals surface area contributed by atoms with Gasteiger partial charge < -0.3 is 26.8 Å². The van der Waals surface area contributed by atoms with E-state index in [0.29, 0.717) is 11.3 Å². The second kappa shape index (κ2) is 9.12. The molecule has 0 unspecified atom stereocenters. The van der Waals surface area contributed by atoms with Crippen LogP contribution in [0.4, 0.5) is 29.0 Å². The number of hydrogen-bond acceptors (Lipinski definition) is 11. The minimum atomic E-state index is -0.759. The van der Waals surface area contributed by atoms with Crippen LogP contribution >= 0.6 is 0 Å². The number of benzene rings is 1. The van der Waals surface area contributed by atoms with Gasteiger partial charge in [0.15, 0.2) is 5.78 Å². The van der Waals surface area contributed by atoms with Crippen LogP contribution < -0.4 is 22.1 Å². The predicted molar refractivity (Wildman–Crippen MR) is 102 cm³/mol.